The van der Waals surface area contributed by atoms with Crippen molar-refractivity contribution in [3.63, 3.8) is 0 Å². The zero-order valence-corrected chi connectivity index (χ0v) is 84.6. The van der Waals surface area contributed by atoms with Crippen molar-refractivity contribution in [2.75, 3.05) is 4.90 Å². The van der Waals surface area contributed by atoms with Gasteiger partial charge in [0.2, 0.25) is 0 Å². The Labute approximate surface area is 836 Å². The van der Waals surface area contributed by atoms with E-state index in [9.17, 15) is 4.39 Å². The van der Waals surface area contributed by atoms with Gasteiger partial charge >= 0.3 is 0 Å². The number of rotatable bonds is 16. The molecule has 14 aromatic carbocycles. The summed E-state index contributed by atoms with van der Waals surface area (Å²) in [5.74, 6) is 0. The van der Waals surface area contributed by atoms with Crippen molar-refractivity contribution in [2.24, 2.45) is 0 Å². The van der Waals surface area contributed by atoms with E-state index in [0.29, 0.717) is 12.8 Å². The van der Waals surface area contributed by atoms with Crippen molar-refractivity contribution in [3.8, 4) is 95.1 Å². The average Bonchev–Trinajstić information content (AvgIpc) is 1.57. The van der Waals surface area contributed by atoms with Gasteiger partial charge in [-0.2, -0.15) is 7.68 Å². The molecular weight excluding hydrogens is 2150 g/mol. The third-order valence-electron chi connectivity index (χ3n) is 22.7. The number of hydrogen-bond acceptors (Lipinski definition) is 11. The van der Waals surface area contributed by atoms with E-state index in [2.05, 4.69) is 353 Å². The van der Waals surface area contributed by atoms with Crippen LogP contribution in [-0.2, 0) is 51.0 Å². The van der Waals surface area contributed by atoms with Crippen LogP contribution in [0.15, 0.2) is 395 Å². The third-order valence-corrected chi connectivity index (χ3v) is 25.1. The first kappa shape index (κ1) is 102. The summed E-state index contributed by atoms with van der Waals surface area (Å²) in [6.45, 7) is 17.8. The number of aliphatic hydroxyl groups excluding tert-OH is 4. The molecule has 5 atom stereocenters. The van der Waals surface area contributed by atoms with Crippen LogP contribution >= 0.6 is 30.3 Å². The molecule has 6 radical (unpaired) electrons. The van der Waals surface area contributed by atoms with Crippen LogP contribution in [0, 0.1) is 12.1 Å². The molecule has 20 rings (SSSR count). The molecule has 0 saturated heterocycles. The number of nitrogens with zero attached hydrogens (tertiary/aromatic N) is 8. The molecule has 0 saturated carbocycles. The number of halogens is 2. The van der Waals surface area contributed by atoms with E-state index in [1.54, 1.807) is 62.9 Å². The average molecular weight is 2260 g/mol. The predicted molar refractivity (Wildman–Crippen MR) is 562 cm³/mol. The summed E-state index contributed by atoms with van der Waals surface area (Å²) in [4.78, 5) is 28.9. The first-order chi connectivity index (χ1) is 64.4. The Bertz CT molecular complexity index is 6800. The molecule has 0 aliphatic heterocycles. The minimum absolute atomic E-state index is 0. The normalized spacial score (nSPS) is 12.5. The molecule has 19 aromatic rings. The maximum Gasteiger partial charge on any atom is 0.151 e. The topological polar surface area (TPSA) is 166 Å². The van der Waals surface area contributed by atoms with Crippen molar-refractivity contribution in [2.45, 2.75) is 114 Å². The fourth-order valence-corrected chi connectivity index (χ4v) is 16.4. The fraction of sp³-hybridized carbons (Fsp3) is 0.155. The molecule has 5 heterocycles. The van der Waals surface area contributed by atoms with E-state index in [0.717, 1.165) is 78.3 Å². The third kappa shape index (κ3) is 26.2. The maximum atomic E-state index is 11.6. The van der Waals surface area contributed by atoms with Gasteiger partial charge < -0.3 is 29.9 Å². The van der Waals surface area contributed by atoms with Crippen LogP contribution in [0.1, 0.15) is 92.0 Å². The number of alkyl halides is 2. The molecule has 678 valence electrons. The second-order valence-electron chi connectivity index (χ2n) is 34.3. The summed E-state index contributed by atoms with van der Waals surface area (Å²) in [6, 6.07) is 136. The molecule has 19 heteroatoms. The van der Waals surface area contributed by atoms with Gasteiger partial charge in [0.25, 0.3) is 0 Å². The quantitative estimate of drug-likeness (QED) is 0.0182. The molecule has 5 unspecified atom stereocenters. The standard InChI is InChI=1S/C51H38N2.C24H16N2.C16H11N2.C14H15N2.2C5H12O2.CHB2FIP.2Ir/c1-51(2)47-19-11-9-17-43(47)44-31-30-42(34-48(44)51)52(40-26-21-36(22-27-40)35-13-5-3-6-14-35)41-28-23-37(24-29-41)38-25-32-50-46(33-38)45-18-10-12-20-49(45)53(50)39-15-7-4-8-16-39;1-3-7-17(8-4-1)19-13-15-25-23-21(19)11-12-22-20(14-16-26-24(22)23)18-9-5-2-6-10-18;1-3-7-13(8-4-1)15-11-16(18-12-17-15)14-9-5-2-6-10-14;1-14(2,3)13-9-12(15-10-16-13)11-7-5-4-6-8-11;2*1-4(6)3-5(2)7;2-6(3)1(4)5;;/h3-34H,1-2H3;1-16H;1-9,11-12H;4-7,9-10H,1-3H3;2*4-7H,3H2,1-2H3;1H;;/q;;2*-1;;;;;. The second-order valence-corrected chi connectivity index (χ2v) is 37.7. The maximum absolute atomic E-state index is 11.6. The van der Waals surface area contributed by atoms with Crippen molar-refractivity contribution in [3.05, 3.63) is 424 Å². The van der Waals surface area contributed by atoms with E-state index in [4.69, 9.17) is 35.6 Å². The van der Waals surface area contributed by atoms with Crippen LogP contribution in [0.25, 0.3) is 139 Å². The van der Waals surface area contributed by atoms with Crippen molar-refractivity contribution >= 4 is 106 Å². The number of fused-ring (bicyclic) bond motifs is 9. The summed E-state index contributed by atoms with van der Waals surface area (Å²) in [6.07, 6.45) is 6.41. The Morgan fingerprint density at radius 2 is 0.778 bits per heavy atom. The first-order valence-corrected chi connectivity index (χ1v) is 47.3. The van der Waals surface area contributed by atoms with E-state index in [-0.39, 0.29) is 75.5 Å². The van der Waals surface area contributed by atoms with Gasteiger partial charge in [0, 0.05) is 113 Å². The smallest absolute Gasteiger partial charge is 0.151 e. The van der Waals surface area contributed by atoms with Gasteiger partial charge in [-0.3, -0.25) is 19.9 Å². The summed E-state index contributed by atoms with van der Waals surface area (Å²) in [5, 5.41) is 39.0. The predicted octanol–water partition coefficient (Wildman–Crippen LogP) is 28.5. The van der Waals surface area contributed by atoms with Crippen LogP contribution in [0.3, 0.4) is 0 Å². The monoisotopic (exact) mass is 2260 g/mol. The van der Waals surface area contributed by atoms with Crippen LogP contribution in [-0.4, -0.2) is 98.4 Å². The van der Waals surface area contributed by atoms with E-state index in [1.807, 2.05) is 116 Å². The Hall–Kier alpha value is -12.0. The summed E-state index contributed by atoms with van der Waals surface area (Å²) in [7, 11) is 8.45. The van der Waals surface area contributed by atoms with Gasteiger partial charge in [0.05, 0.1) is 67.3 Å². The van der Waals surface area contributed by atoms with Crippen LogP contribution in [0.4, 0.5) is 21.5 Å². The molecule has 0 fully saturated rings. The first-order valence-electron chi connectivity index (χ1n) is 44.5. The number of para-hydroxylation sites is 2. The minimum atomic E-state index is -1.34. The fourth-order valence-electron chi connectivity index (χ4n) is 16.4. The van der Waals surface area contributed by atoms with Gasteiger partial charge in [-0.25, -0.2) is 14.4 Å². The molecule has 1 aliphatic rings. The van der Waals surface area contributed by atoms with Gasteiger partial charge in [-0.1, -0.05) is 277 Å². The molecule has 0 amide bonds. The van der Waals surface area contributed by atoms with E-state index in [1.165, 1.54) is 94.3 Å². The van der Waals surface area contributed by atoms with E-state index >= 15 is 0 Å². The summed E-state index contributed by atoms with van der Waals surface area (Å²) >= 11 is 1.54. The number of benzene rings is 14. The number of pyridine rings is 2. The SMILES string of the molecule is CC(C)(C)c1cc(-c2[c-]cccc2)ncn1.CC(O)CC(C)O.CC(O)CC(C)O.CC1(C)c2ccccc2-c2ccc(N(c3ccc(-c4ccccc4)cc3)c3ccc(-c4ccc5c(c4)c4ccccc4n5-c4ccccc4)cc3)cc21.[B]P([B])C(F)I.[Ir].[Ir].[c-]1ccccc1-c1cc(-c2ccccc2)ncn1.c1ccc(-c2ccnc3c2ccc2c(-c4ccccc4)ccnc23)cc1. The van der Waals surface area contributed by atoms with Crippen molar-refractivity contribution in [1.82, 2.24) is 34.5 Å². The van der Waals surface area contributed by atoms with Crippen LogP contribution in [0.5, 0.6) is 0 Å². The van der Waals surface area contributed by atoms with Gasteiger partial charge in [0.15, 0.2) is 3.92 Å². The molecule has 0 bridgehead atoms. The van der Waals surface area contributed by atoms with Gasteiger partial charge in [-0.05, 0) is 226 Å². The molecule has 4 N–H and O–H groups in total. The van der Waals surface area contributed by atoms with E-state index < -0.39 is 11.6 Å². The Kier molecular flexibility index (Phi) is 36.6. The Morgan fingerprint density at radius 1 is 0.378 bits per heavy atom. The molecule has 1 aliphatic carbocycles. The zero-order chi connectivity index (χ0) is 93.5. The summed E-state index contributed by atoms with van der Waals surface area (Å²) < 4.78 is 12.9. The van der Waals surface area contributed by atoms with Crippen molar-refractivity contribution in [1.29, 1.82) is 0 Å². The largest absolute Gasteiger partial charge is 0.393 e. The Balaban J connectivity index is 0.000000166. The minimum Gasteiger partial charge on any atom is -0.393 e. The number of hydrogen-bond donors (Lipinski definition) is 4. The molecule has 0 spiro atoms. The molecule has 12 nitrogen and oxygen atoms in total. The zero-order valence-electron chi connectivity index (χ0n) is 76.7. The van der Waals surface area contributed by atoms with Gasteiger partial charge in [-0.15, -0.1) is 71.8 Å². The molecule has 135 heavy (non-hydrogen) atoms. The molecular formula is C116H105B2FIIr2N8O4P-2. The molecule has 5 aromatic heterocycles. The summed E-state index contributed by atoms with van der Waals surface area (Å²) in [5.41, 5.74) is 30.7. The number of aliphatic hydroxyl groups is 4. The second kappa shape index (κ2) is 48.5. The Morgan fingerprint density at radius 3 is 1.26 bits per heavy atom. The van der Waals surface area contributed by atoms with Crippen molar-refractivity contribution < 1.29 is 65.0 Å². The van der Waals surface area contributed by atoms with Crippen LogP contribution < -0.4 is 4.90 Å². The number of anilines is 3. The van der Waals surface area contributed by atoms with Crippen LogP contribution in [0.2, 0.25) is 0 Å². The number of aromatic nitrogens is 7. The van der Waals surface area contributed by atoms with Gasteiger partial charge in [0.1, 0.15) is 12.7 Å².